The van der Waals surface area contributed by atoms with Crippen molar-refractivity contribution in [2.45, 2.75) is 19.9 Å². The number of carboxylic acids is 1. The van der Waals surface area contributed by atoms with E-state index in [1.165, 1.54) is 12.1 Å². The molecule has 1 aromatic rings. The molecule has 0 fully saturated rings. The van der Waals surface area contributed by atoms with Gasteiger partial charge in [0, 0.05) is 17.5 Å². The molecule has 0 heterocycles. The predicted octanol–water partition coefficient (Wildman–Crippen LogP) is 2.57. The number of aromatic carboxylic acids is 1. The lowest BCUT2D eigenvalue weighted by Gasteiger charge is -2.14. The molecule has 1 aromatic carbocycles. The minimum atomic E-state index is -1.01. The molecule has 1 unspecified atom stereocenters. The van der Waals surface area contributed by atoms with Gasteiger partial charge in [-0.2, -0.15) is 11.8 Å². The average molecular weight is 282 g/mol. The van der Waals surface area contributed by atoms with Crippen LogP contribution >= 0.6 is 11.8 Å². The Labute approximate surface area is 116 Å². The number of hydrogen-bond acceptors (Lipinski definition) is 3. The van der Waals surface area contributed by atoms with Crippen molar-refractivity contribution in [3.63, 3.8) is 0 Å². The topological polar surface area (TPSA) is 78.4 Å². The van der Waals surface area contributed by atoms with Crippen molar-refractivity contribution < 1.29 is 14.7 Å². The zero-order valence-electron chi connectivity index (χ0n) is 11.2. The van der Waals surface area contributed by atoms with E-state index in [0.717, 1.165) is 11.3 Å². The summed E-state index contributed by atoms with van der Waals surface area (Å²) in [6.45, 7) is 3.73. The molecule has 5 nitrogen and oxygen atoms in total. The first-order chi connectivity index (χ1) is 8.93. The van der Waals surface area contributed by atoms with Crippen LogP contribution in [0.25, 0.3) is 0 Å². The summed E-state index contributed by atoms with van der Waals surface area (Å²) < 4.78 is 0. The van der Waals surface area contributed by atoms with Crippen LogP contribution in [0.15, 0.2) is 18.2 Å². The number of carboxylic acid groups (broad SMARTS) is 1. The van der Waals surface area contributed by atoms with Gasteiger partial charge in [-0.1, -0.05) is 6.07 Å². The minimum absolute atomic E-state index is 0.0537. The Bertz CT molecular complexity index is 477. The number of aryl methyl sites for hydroxylation is 1. The van der Waals surface area contributed by atoms with Gasteiger partial charge < -0.3 is 15.7 Å². The van der Waals surface area contributed by atoms with Crippen LogP contribution in [-0.2, 0) is 0 Å². The lowest BCUT2D eigenvalue weighted by Crippen LogP contribution is -2.37. The maximum Gasteiger partial charge on any atom is 0.335 e. The standard InChI is InChI=1S/C13H18N2O3S/c1-8-4-5-10(12(16)17)6-11(8)15-13(18)14-9(2)7-19-3/h4-6,9H,7H2,1-3H3,(H,16,17)(H2,14,15,18). The molecule has 0 bridgehead atoms. The third-order valence-electron chi connectivity index (χ3n) is 2.53. The quantitative estimate of drug-likeness (QED) is 0.775. The summed E-state index contributed by atoms with van der Waals surface area (Å²) in [4.78, 5) is 22.6. The van der Waals surface area contributed by atoms with Crippen LogP contribution in [0.3, 0.4) is 0 Å². The van der Waals surface area contributed by atoms with Gasteiger partial charge in [0.15, 0.2) is 0 Å². The summed E-state index contributed by atoms with van der Waals surface area (Å²) in [6, 6.07) is 4.36. The smallest absolute Gasteiger partial charge is 0.335 e. The number of rotatable bonds is 5. The molecule has 1 rings (SSSR count). The van der Waals surface area contributed by atoms with Gasteiger partial charge in [-0.15, -0.1) is 0 Å². The van der Waals surface area contributed by atoms with Gasteiger partial charge in [0.05, 0.1) is 5.56 Å². The molecule has 0 aliphatic rings. The van der Waals surface area contributed by atoms with E-state index in [9.17, 15) is 9.59 Å². The van der Waals surface area contributed by atoms with Gasteiger partial charge >= 0.3 is 12.0 Å². The number of benzene rings is 1. The van der Waals surface area contributed by atoms with Crippen LogP contribution in [0.2, 0.25) is 0 Å². The summed E-state index contributed by atoms with van der Waals surface area (Å²) >= 11 is 1.65. The molecule has 0 aliphatic carbocycles. The number of carbonyl (C=O) groups excluding carboxylic acids is 1. The van der Waals surface area contributed by atoms with Crippen molar-refractivity contribution in [1.29, 1.82) is 0 Å². The summed E-state index contributed by atoms with van der Waals surface area (Å²) in [7, 11) is 0. The first-order valence-corrected chi connectivity index (χ1v) is 7.23. The molecular formula is C13H18N2O3S. The Morgan fingerprint density at radius 3 is 2.68 bits per heavy atom. The zero-order valence-corrected chi connectivity index (χ0v) is 12.0. The summed E-state index contributed by atoms with van der Waals surface area (Å²) in [5, 5.41) is 14.4. The fourth-order valence-electron chi connectivity index (χ4n) is 1.56. The molecule has 0 saturated heterocycles. The number of thioether (sulfide) groups is 1. The summed E-state index contributed by atoms with van der Waals surface area (Å²) in [5.41, 5.74) is 1.48. The molecule has 1 atom stereocenters. The monoisotopic (exact) mass is 282 g/mol. The van der Waals surface area contributed by atoms with Crippen LogP contribution in [-0.4, -0.2) is 35.2 Å². The van der Waals surface area contributed by atoms with Crippen molar-refractivity contribution in [3.8, 4) is 0 Å². The van der Waals surface area contributed by atoms with Crippen molar-refractivity contribution in [2.24, 2.45) is 0 Å². The number of nitrogens with one attached hydrogen (secondary N) is 2. The molecule has 0 spiro atoms. The number of anilines is 1. The zero-order chi connectivity index (χ0) is 14.4. The van der Waals surface area contributed by atoms with E-state index in [0.29, 0.717) is 5.69 Å². The molecule has 0 radical (unpaired) electrons. The molecule has 2 amide bonds. The van der Waals surface area contributed by atoms with Crippen LogP contribution in [0.1, 0.15) is 22.8 Å². The Kier molecular flexibility index (Phi) is 5.69. The van der Waals surface area contributed by atoms with Gasteiger partial charge in [-0.3, -0.25) is 0 Å². The van der Waals surface area contributed by atoms with Crippen molar-refractivity contribution in [2.75, 3.05) is 17.3 Å². The van der Waals surface area contributed by atoms with Gasteiger partial charge in [0.2, 0.25) is 0 Å². The summed E-state index contributed by atoms with van der Waals surface area (Å²) in [6.07, 6.45) is 1.97. The van der Waals surface area contributed by atoms with Crippen molar-refractivity contribution in [1.82, 2.24) is 5.32 Å². The third kappa shape index (κ3) is 4.82. The van der Waals surface area contributed by atoms with E-state index in [2.05, 4.69) is 10.6 Å². The van der Waals surface area contributed by atoms with Crippen LogP contribution < -0.4 is 10.6 Å². The fourth-order valence-corrected chi connectivity index (χ4v) is 2.15. The maximum absolute atomic E-state index is 11.8. The highest BCUT2D eigenvalue weighted by Gasteiger charge is 2.10. The fraction of sp³-hybridized carbons (Fsp3) is 0.385. The summed E-state index contributed by atoms with van der Waals surface area (Å²) in [5.74, 6) is -0.194. The van der Waals surface area contributed by atoms with E-state index in [4.69, 9.17) is 5.11 Å². The van der Waals surface area contributed by atoms with Gasteiger partial charge in [0.1, 0.15) is 0 Å². The van der Waals surface area contributed by atoms with Crippen molar-refractivity contribution in [3.05, 3.63) is 29.3 Å². The number of amides is 2. The number of urea groups is 1. The molecule has 104 valence electrons. The number of carbonyl (C=O) groups is 2. The molecule has 3 N–H and O–H groups in total. The van der Waals surface area contributed by atoms with Crippen molar-refractivity contribution >= 4 is 29.4 Å². The second-order valence-corrected chi connectivity index (χ2v) is 5.20. The minimum Gasteiger partial charge on any atom is -0.478 e. The van der Waals surface area contributed by atoms with E-state index in [-0.39, 0.29) is 17.6 Å². The van der Waals surface area contributed by atoms with Gasteiger partial charge in [0.25, 0.3) is 0 Å². The predicted molar refractivity (Wildman–Crippen MR) is 78.1 cm³/mol. The van der Waals surface area contributed by atoms with Gasteiger partial charge in [-0.05, 0) is 37.8 Å². The molecule has 0 saturated carbocycles. The second kappa shape index (κ2) is 7.04. The van der Waals surface area contributed by atoms with E-state index in [1.807, 2.05) is 20.1 Å². The maximum atomic E-state index is 11.8. The Hall–Kier alpha value is -1.69. The van der Waals surface area contributed by atoms with E-state index in [1.54, 1.807) is 17.8 Å². The van der Waals surface area contributed by atoms with E-state index < -0.39 is 5.97 Å². The molecule has 19 heavy (non-hydrogen) atoms. The molecule has 6 heteroatoms. The molecule has 0 aromatic heterocycles. The van der Waals surface area contributed by atoms with Crippen LogP contribution in [0, 0.1) is 6.92 Å². The van der Waals surface area contributed by atoms with E-state index >= 15 is 0 Å². The Morgan fingerprint density at radius 2 is 2.11 bits per heavy atom. The highest BCUT2D eigenvalue weighted by Crippen LogP contribution is 2.16. The normalized spacial score (nSPS) is 11.7. The molecule has 0 aliphatic heterocycles. The average Bonchev–Trinajstić information content (AvgIpc) is 2.31. The lowest BCUT2D eigenvalue weighted by atomic mass is 10.1. The Balaban J connectivity index is 2.73. The SMILES string of the molecule is CSCC(C)NC(=O)Nc1cc(C(=O)O)ccc1C. The Morgan fingerprint density at radius 1 is 1.42 bits per heavy atom. The van der Waals surface area contributed by atoms with Crippen LogP contribution in [0.5, 0.6) is 0 Å². The lowest BCUT2D eigenvalue weighted by molar-refractivity contribution is 0.0697. The second-order valence-electron chi connectivity index (χ2n) is 4.29. The third-order valence-corrected chi connectivity index (χ3v) is 3.36. The highest BCUT2D eigenvalue weighted by molar-refractivity contribution is 7.98. The largest absolute Gasteiger partial charge is 0.478 e. The first kappa shape index (κ1) is 15.4. The highest BCUT2D eigenvalue weighted by atomic mass is 32.2. The number of hydrogen-bond donors (Lipinski definition) is 3. The van der Waals surface area contributed by atoms with Gasteiger partial charge in [-0.25, -0.2) is 9.59 Å². The first-order valence-electron chi connectivity index (χ1n) is 5.84. The van der Waals surface area contributed by atoms with Crippen LogP contribution in [0.4, 0.5) is 10.5 Å². The molecular weight excluding hydrogens is 264 g/mol.